The average Bonchev–Trinajstić information content (AvgIpc) is 3.45. The molecule has 1 N–H and O–H groups in total. The van der Waals surface area contributed by atoms with Crippen molar-refractivity contribution < 1.29 is 32.8 Å². The first-order valence-electron chi connectivity index (χ1n) is 17.1. The number of carbonyl (C=O) groups is 2. The van der Waals surface area contributed by atoms with Gasteiger partial charge in [-0.05, 0) is 97.8 Å². The number of hydrogen-bond donors (Lipinski definition) is 1. The number of allylic oxidation sites excluding steroid dienone is 1. The van der Waals surface area contributed by atoms with E-state index in [2.05, 4.69) is 25.9 Å². The molecule has 3 aliphatic carbocycles. The van der Waals surface area contributed by atoms with Crippen LogP contribution in [0.1, 0.15) is 90.5 Å². The second-order valence-electron chi connectivity index (χ2n) is 15.4. The number of carbonyl (C=O) groups excluding carboxylic acids is 2. The van der Waals surface area contributed by atoms with Crippen molar-refractivity contribution in [3.63, 3.8) is 0 Å². The molecule has 8 nitrogen and oxygen atoms in total. The zero-order valence-electron chi connectivity index (χ0n) is 29.9. The summed E-state index contributed by atoms with van der Waals surface area (Å²) in [5, 5.41) is 15.9. The van der Waals surface area contributed by atoms with E-state index in [1.165, 1.54) is 6.07 Å². The van der Waals surface area contributed by atoms with E-state index in [0.717, 1.165) is 12.0 Å². The number of ether oxygens (including phenoxy) is 1. The van der Waals surface area contributed by atoms with E-state index in [1.807, 2.05) is 88.4 Å². The highest BCUT2D eigenvalue weighted by atomic mass is 28.4. The molecule has 10 heteroatoms. The summed E-state index contributed by atoms with van der Waals surface area (Å²) < 4.78 is 35.0. The molecule has 260 valence electrons. The van der Waals surface area contributed by atoms with Gasteiger partial charge in [0.25, 0.3) is 5.88 Å². The van der Waals surface area contributed by atoms with Gasteiger partial charge in [-0.3, -0.25) is 14.5 Å². The second kappa shape index (κ2) is 12.5. The Kier molecular flexibility index (Phi) is 8.91. The van der Waals surface area contributed by atoms with Crippen molar-refractivity contribution in [2.24, 2.45) is 11.8 Å². The van der Waals surface area contributed by atoms with Crippen LogP contribution < -0.4 is 4.74 Å². The Morgan fingerprint density at radius 2 is 1.84 bits per heavy atom. The molecule has 0 aliphatic heterocycles. The monoisotopic (exact) mass is 686 g/mol. The number of rotatable bonds is 8. The maximum absolute atomic E-state index is 15.8. The number of aromatic nitrogens is 1. The van der Waals surface area contributed by atoms with Crippen LogP contribution >= 0.6 is 0 Å². The highest BCUT2D eigenvalue weighted by Crippen LogP contribution is 2.59. The third kappa shape index (κ3) is 5.52. The molecule has 1 heterocycles. The standard InChI is InChI=1S/C39H47FN2O6Si/c1-10-11-17-24-20-28(40)26-18-25-19-27-32(42(6)7)34-31(37(41-47-34)46-21-23-15-13-12-14-16-23)36(45)39(27,48-49(8,9)38(3,4)5)35(44)30(25)33(43)29(26)22(24)2/h11-17,20,25,27,32,43H,10,18-19,21H2,1-9H3/b17-11+/t25-,27-,32-,39-/m0/s1. The lowest BCUT2D eigenvalue weighted by atomic mass is 9.57. The van der Waals surface area contributed by atoms with Crippen LogP contribution in [0.5, 0.6) is 5.88 Å². The molecule has 49 heavy (non-hydrogen) atoms. The Balaban J connectivity index is 1.58. The minimum absolute atomic E-state index is 0.000238. The molecule has 3 aliphatic rings. The van der Waals surface area contributed by atoms with Crippen LogP contribution in [-0.4, -0.2) is 54.7 Å². The highest BCUT2D eigenvalue weighted by molar-refractivity contribution is 6.74. The summed E-state index contributed by atoms with van der Waals surface area (Å²) in [5.74, 6) is -2.79. The fourth-order valence-electron chi connectivity index (χ4n) is 7.60. The number of halogens is 1. The van der Waals surface area contributed by atoms with Gasteiger partial charge < -0.3 is 18.8 Å². The minimum atomic E-state index is -2.87. The van der Waals surface area contributed by atoms with Crippen LogP contribution in [0.3, 0.4) is 0 Å². The van der Waals surface area contributed by atoms with Crippen molar-refractivity contribution in [2.75, 3.05) is 14.1 Å². The van der Waals surface area contributed by atoms with Crippen molar-refractivity contribution in [3.8, 4) is 5.88 Å². The Hall–Kier alpha value is -3.86. The molecule has 0 bridgehead atoms. The normalized spacial score (nSPS) is 23.9. The van der Waals surface area contributed by atoms with Crippen molar-refractivity contribution in [1.82, 2.24) is 10.1 Å². The SMILES string of the molecule is CC/C=C/c1cc(F)c2c(c1C)C(O)=C1C(=O)[C@]3(O[Si](C)(C)C(C)(C)C)C(=O)c4c(OCc5ccccc5)noc4[C@@H](N(C)C)[C@@H]3C[C@@H]1C2. The maximum Gasteiger partial charge on any atom is 0.265 e. The number of fused-ring (bicyclic) bond motifs is 4. The first-order valence-corrected chi connectivity index (χ1v) is 20.0. The van der Waals surface area contributed by atoms with E-state index in [9.17, 15) is 5.11 Å². The number of benzene rings is 2. The maximum atomic E-state index is 15.8. The minimum Gasteiger partial charge on any atom is -0.507 e. The lowest BCUT2D eigenvalue weighted by Crippen LogP contribution is -2.68. The molecule has 6 rings (SSSR count). The number of aliphatic hydroxyl groups excluding tert-OH is 1. The van der Waals surface area contributed by atoms with Gasteiger partial charge in [0.05, 0.1) is 6.04 Å². The van der Waals surface area contributed by atoms with Gasteiger partial charge in [0.2, 0.25) is 11.6 Å². The Morgan fingerprint density at radius 3 is 2.47 bits per heavy atom. The molecule has 0 saturated heterocycles. The fourth-order valence-corrected chi connectivity index (χ4v) is 9.05. The lowest BCUT2D eigenvalue weighted by molar-refractivity contribution is -0.140. The quantitative estimate of drug-likeness (QED) is 0.186. The molecule has 0 unspecified atom stereocenters. The molecule has 0 amide bonds. The van der Waals surface area contributed by atoms with Crippen molar-refractivity contribution in [3.05, 3.63) is 93.0 Å². The van der Waals surface area contributed by atoms with Crippen molar-refractivity contribution >= 4 is 31.7 Å². The van der Waals surface area contributed by atoms with E-state index < -0.39 is 49.2 Å². The second-order valence-corrected chi connectivity index (χ2v) is 20.1. The molecule has 4 atom stereocenters. The summed E-state index contributed by atoms with van der Waals surface area (Å²) in [7, 11) is 0.868. The number of Topliss-reactive ketones (excluding diaryl/α,β-unsaturated/α-hetero) is 2. The largest absolute Gasteiger partial charge is 0.507 e. The highest BCUT2D eigenvalue weighted by Gasteiger charge is 2.68. The van der Waals surface area contributed by atoms with Crippen LogP contribution in [0.2, 0.25) is 18.1 Å². The molecular weight excluding hydrogens is 640 g/mol. The Labute approximate surface area is 289 Å². The Bertz CT molecular complexity index is 1870. The number of hydrogen-bond acceptors (Lipinski definition) is 8. The van der Waals surface area contributed by atoms with Crippen LogP contribution in [0.25, 0.3) is 11.8 Å². The zero-order chi connectivity index (χ0) is 35.6. The van der Waals surface area contributed by atoms with Gasteiger partial charge in [0, 0.05) is 17.1 Å². The van der Waals surface area contributed by atoms with Crippen LogP contribution in [0.15, 0.2) is 52.6 Å². The number of nitrogens with zero attached hydrogens (tertiary/aromatic N) is 2. The third-order valence-corrected chi connectivity index (χ3v) is 15.5. The molecule has 1 fully saturated rings. The van der Waals surface area contributed by atoms with E-state index >= 15 is 14.0 Å². The van der Waals surface area contributed by atoms with Gasteiger partial charge in [0.15, 0.2) is 19.7 Å². The molecule has 0 radical (unpaired) electrons. The fraction of sp³-hybridized carbons (Fsp3) is 0.462. The van der Waals surface area contributed by atoms with E-state index in [-0.39, 0.29) is 47.3 Å². The zero-order valence-corrected chi connectivity index (χ0v) is 30.9. The summed E-state index contributed by atoms with van der Waals surface area (Å²) in [5.41, 5.74) is 1.10. The predicted molar refractivity (Wildman–Crippen MR) is 189 cm³/mol. The molecule has 3 aromatic rings. The summed E-state index contributed by atoms with van der Waals surface area (Å²) in [6.07, 6.45) is 5.01. The van der Waals surface area contributed by atoms with Crippen LogP contribution in [0, 0.1) is 24.6 Å². The van der Waals surface area contributed by atoms with Gasteiger partial charge in [-0.15, -0.1) is 0 Å². The van der Waals surface area contributed by atoms with Crippen molar-refractivity contribution in [1.29, 1.82) is 0 Å². The molecular formula is C39H47FN2O6Si. The van der Waals surface area contributed by atoms with E-state index in [0.29, 0.717) is 28.0 Å². The summed E-state index contributed by atoms with van der Waals surface area (Å²) in [6.45, 7) is 14.2. The van der Waals surface area contributed by atoms with Gasteiger partial charge >= 0.3 is 0 Å². The predicted octanol–water partition coefficient (Wildman–Crippen LogP) is 8.41. The van der Waals surface area contributed by atoms with Gasteiger partial charge in [0.1, 0.15) is 23.7 Å². The van der Waals surface area contributed by atoms with Crippen LogP contribution in [-0.2, 0) is 22.2 Å². The van der Waals surface area contributed by atoms with Gasteiger partial charge in [-0.2, -0.15) is 0 Å². The average molecular weight is 687 g/mol. The molecule has 2 aromatic carbocycles. The first kappa shape index (κ1) is 35.0. The molecule has 1 aromatic heterocycles. The first-order chi connectivity index (χ1) is 23.0. The Morgan fingerprint density at radius 1 is 1.14 bits per heavy atom. The van der Waals surface area contributed by atoms with E-state index in [4.69, 9.17) is 13.7 Å². The van der Waals surface area contributed by atoms with Crippen molar-refractivity contribution in [2.45, 2.75) is 90.3 Å². The van der Waals surface area contributed by atoms with Gasteiger partial charge in [-0.25, -0.2) is 4.39 Å². The van der Waals surface area contributed by atoms with Gasteiger partial charge in [-0.1, -0.05) is 70.2 Å². The molecule has 1 saturated carbocycles. The number of ketones is 2. The molecule has 0 spiro atoms. The summed E-state index contributed by atoms with van der Waals surface area (Å²) >= 11 is 0. The summed E-state index contributed by atoms with van der Waals surface area (Å²) in [6, 6.07) is 10.4. The third-order valence-electron chi connectivity index (χ3n) is 11.1. The summed E-state index contributed by atoms with van der Waals surface area (Å²) in [4.78, 5) is 32.6. The smallest absolute Gasteiger partial charge is 0.265 e. The topological polar surface area (TPSA) is 102 Å². The van der Waals surface area contributed by atoms with Crippen LogP contribution in [0.4, 0.5) is 4.39 Å². The number of aliphatic hydroxyl groups is 1. The lowest BCUT2D eigenvalue weighted by Gasteiger charge is -2.55. The van der Waals surface area contributed by atoms with E-state index in [1.54, 1.807) is 0 Å².